The number of benzene rings is 1. The van der Waals surface area contributed by atoms with Gasteiger partial charge in [-0.2, -0.15) is 0 Å². The first-order valence-electron chi connectivity index (χ1n) is 7.23. The van der Waals surface area contributed by atoms with Crippen molar-refractivity contribution in [1.29, 1.82) is 0 Å². The molecule has 2 rings (SSSR count). The van der Waals surface area contributed by atoms with E-state index in [-0.39, 0.29) is 11.8 Å². The van der Waals surface area contributed by atoms with E-state index < -0.39 is 0 Å². The van der Waals surface area contributed by atoms with Gasteiger partial charge in [0.15, 0.2) is 0 Å². The van der Waals surface area contributed by atoms with E-state index in [0.717, 1.165) is 25.9 Å². The Balaban J connectivity index is 1.78. The van der Waals surface area contributed by atoms with Crippen LogP contribution in [0.2, 0.25) is 0 Å². The van der Waals surface area contributed by atoms with Crippen molar-refractivity contribution in [1.82, 2.24) is 15.8 Å². The van der Waals surface area contributed by atoms with Gasteiger partial charge >= 0.3 is 0 Å². The van der Waals surface area contributed by atoms with Crippen LogP contribution in [0.3, 0.4) is 0 Å². The highest BCUT2D eigenvalue weighted by Gasteiger charge is 2.14. The highest BCUT2D eigenvalue weighted by atomic mass is 79.9. The molecule has 0 aliphatic carbocycles. The lowest BCUT2D eigenvalue weighted by molar-refractivity contribution is -0.123. The van der Waals surface area contributed by atoms with E-state index in [0.29, 0.717) is 16.6 Å². The van der Waals surface area contributed by atoms with E-state index in [9.17, 15) is 9.59 Å². The SMILES string of the molecule is O=C(CN1CCCCCC1)NNC(=O)c1ccccc1Br. The second kappa shape index (κ2) is 8.14. The van der Waals surface area contributed by atoms with E-state index in [1.165, 1.54) is 12.8 Å². The molecule has 1 saturated heterocycles. The summed E-state index contributed by atoms with van der Waals surface area (Å²) in [4.78, 5) is 25.9. The van der Waals surface area contributed by atoms with Gasteiger partial charge in [0, 0.05) is 4.47 Å². The predicted octanol–water partition coefficient (Wildman–Crippen LogP) is 2.09. The predicted molar refractivity (Wildman–Crippen MR) is 84.7 cm³/mol. The highest BCUT2D eigenvalue weighted by Crippen LogP contribution is 2.15. The first kappa shape index (κ1) is 16.0. The third kappa shape index (κ3) is 5.13. The minimum Gasteiger partial charge on any atom is -0.294 e. The van der Waals surface area contributed by atoms with Gasteiger partial charge in [-0.3, -0.25) is 25.3 Å². The van der Waals surface area contributed by atoms with Crippen LogP contribution in [0.15, 0.2) is 28.7 Å². The molecule has 1 fully saturated rings. The lowest BCUT2D eigenvalue weighted by Gasteiger charge is -2.19. The molecule has 0 aromatic heterocycles. The normalized spacial score (nSPS) is 16.0. The van der Waals surface area contributed by atoms with Gasteiger partial charge in [0.25, 0.3) is 11.8 Å². The van der Waals surface area contributed by atoms with Crippen molar-refractivity contribution >= 4 is 27.7 Å². The van der Waals surface area contributed by atoms with Gasteiger partial charge in [-0.15, -0.1) is 0 Å². The van der Waals surface area contributed by atoms with Crippen LogP contribution in [0.25, 0.3) is 0 Å². The zero-order chi connectivity index (χ0) is 15.1. The van der Waals surface area contributed by atoms with Gasteiger partial charge < -0.3 is 0 Å². The number of hydrazine groups is 1. The van der Waals surface area contributed by atoms with E-state index in [2.05, 4.69) is 31.7 Å². The molecule has 0 bridgehead atoms. The molecule has 2 amide bonds. The second-order valence-corrected chi connectivity index (χ2v) is 6.03. The number of nitrogens with one attached hydrogen (secondary N) is 2. The minimum atomic E-state index is -0.327. The Hall–Kier alpha value is -1.40. The number of nitrogens with zero attached hydrogens (tertiary/aromatic N) is 1. The quantitative estimate of drug-likeness (QED) is 0.818. The first-order chi connectivity index (χ1) is 10.2. The number of halogens is 1. The summed E-state index contributed by atoms with van der Waals surface area (Å²) in [7, 11) is 0. The standard InChI is InChI=1S/C15H20BrN3O2/c16-13-8-4-3-7-12(13)15(21)18-17-14(20)11-19-9-5-1-2-6-10-19/h3-4,7-8H,1-2,5-6,9-11H2,(H,17,20)(H,18,21). The van der Waals surface area contributed by atoms with Crippen molar-refractivity contribution in [3.8, 4) is 0 Å². The van der Waals surface area contributed by atoms with Crippen LogP contribution < -0.4 is 10.9 Å². The van der Waals surface area contributed by atoms with Gasteiger partial charge in [0.1, 0.15) is 0 Å². The Morgan fingerprint density at radius 2 is 1.71 bits per heavy atom. The average Bonchev–Trinajstić information content (AvgIpc) is 2.74. The Kier molecular flexibility index (Phi) is 6.20. The molecule has 1 aliphatic heterocycles. The molecule has 0 radical (unpaired) electrons. The second-order valence-electron chi connectivity index (χ2n) is 5.17. The number of amides is 2. The molecular weight excluding hydrogens is 334 g/mol. The van der Waals surface area contributed by atoms with Gasteiger partial charge in [-0.25, -0.2) is 0 Å². The molecule has 0 unspecified atom stereocenters. The minimum absolute atomic E-state index is 0.183. The van der Waals surface area contributed by atoms with Gasteiger partial charge in [-0.05, 0) is 54.0 Å². The number of carbonyl (C=O) groups excluding carboxylic acids is 2. The summed E-state index contributed by atoms with van der Waals surface area (Å²) in [5.74, 6) is -0.510. The van der Waals surface area contributed by atoms with E-state index in [4.69, 9.17) is 0 Å². The van der Waals surface area contributed by atoms with Gasteiger partial charge in [0.2, 0.25) is 0 Å². The number of hydrogen-bond acceptors (Lipinski definition) is 3. The van der Waals surface area contributed by atoms with E-state index >= 15 is 0 Å². The maximum Gasteiger partial charge on any atom is 0.270 e. The molecule has 0 saturated carbocycles. The third-order valence-corrected chi connectivity index (χ3v) is 4.19. The summed E-state index contributed by atoms with van der Waals surface area (Å²) in [6, 6.07) is 7.09. The van der Waals surface area contributed by atoms with Crippen molar-refractivity contribution in [3.63, 3.8) is 0 Å². The molecule has 21 heavy (non-hydrogen) atoms. The lowest BCUT2D eigenvalue weighted by Crippen LogP contribution is -2.46. The molecule has 0 atom stereocenters. The van der Waals surface area contributed by atoms with E-state index in [1.54, 1.807) is 18.2 Å². The Bertz CT molecular complexity index is 499. The number of hydrogen-bond donors (Lipinski definition) is 2. The number of rotatable bonds is 3. The van der Waals surface area contributed by atoms with Crippen LogP contribution >= 0.6 is 15.9 Å². The monoisotopic (exact) mass is 353 g/mol. The zero-order valence-corrected chi connectivity index (χ0v) is 13.5. The molecule has 0 spiro atoms. The van der Waals surface area contributed by atoms with Crippen molar-refractivity contribution in [2.75, 3.05) is 19.6 Å². The summed E-state index contributed by atoms with van der Waals surface area (Å²) in [6.45, 7) is 2.23. The van der Waals surface area contributed by atoms with Crippen molar-refractivity contribution in [2.45, 2.75) is 25.7 Å². The molecular formula is C15H20BrN3O2. The zero-order valence-electron chi connectivity index (χ0n) is 11.9. The van der Waals surface area contributed by atoms with Crippen LogP contribution in [-0.4, -0.2) is 36.3 Å². The van der Waals surface area contributed by atoms with Crippen LogP contribution in [0.5, 0.6) is 0 Å². The van der Waals surface area contributed by atoms with Crippen molar-refractivity contribution in [3.05, 3.63) is 34.3 Å². The molecule has 114 valence electrons. The largest absolute Gasteiger partial charge is 0.294 e. The van der Waals surface area contributed by atoms with Crippen molar-refractivity contribution in [2.24, 2.45) is 0 Å². The third-order valence-electron chi connectivity index (χ3n) is 3.50. The maximum absolute atomic E-state index is 11.9. The fraction of sp³-hybridized carbons (Fsp3) is 0.467. The number of carbonyl (C=O) groups is 2. The highest BCUT2D eigenvalue weighted by molar-refractivity contribution is 9.10. The van der Waals surface area contributed by atoms with Crippen LogP contribution in [0, 0.1) is 0 Å². The average molecular weight is 354 g/mol. The van der Waals surface area contributed by atoms with Crippen LogP contribution in [-0.2, 0) is 4.79 Å². The molecule has 1 heterocycles. The summed E-state index contributed by atoms with van der Waals surface area (Å²) in [5, 5.41) is 0. The van der Waals surface area contributed by atoms with Crippen LogP contribution in [0.4, 0.5) is 0 Å². The molecule has 6 heteroatoms. The molecule has 1 aromatic carbocycles. The van der Waals surface area contributed by atoms with Gasteiger partial charge in [0.05, 0.1) is 12.1 Å². The Morgan fingerprint density at radius 1 is 1.05 bits per heavy atom. The van der Waals surface area contributed by atoms with Crippen LogP contribution in [0.1, 0.15) is 36.0 Å². The first-order valence-corrected chi connectivity index (χ1v) is 8.02. The fourth-order valence-corrected chi connectivity index (χ4v) is 2.84. The Morgan fingerprint density at radius 3 is 2.38 bits per heavy atom. The summed E-state index contributed by atoms with van der Waals surface area (Å²) in [5.41, 5.74) is 5.42. The van der Waals surface area contributed by atoms with Crippen molar-refractivity contribution < 1.29 is 9.59 Å². The molecule has 5 nitrogen and oxygen atoms in total. The fourth-order valence-electron chi connectivity index (χ4n) is 2.38. The smallest absolute Gasteiger partial charge is 0.270 e. The van der Waals surface area contributed by atoms with E-state index in [1.807, 2.05) is 6.07 Å². The summed E-state index contributed by atoms with van der Waals surface area (Å²) < 4.78 is 0.698. The molecule has 1 aromatic rings. The topological polar surface area (TPSA) is 61.4 Å². The Labute approximate surface area is 133 Å². The molecule has 1 aliphatic rings. The summed E-state index contributed by atoms with van der Waals surface area (Å²) in [6.07, 6.45) is 4.74. The van der Waals surface area contributed by atoms with Gasteiger partial charge in [-0.1, -0.05) is 25.0 Å². The maximum atomic E-state index is 11.9. The molecule has 2 N–H and O–H groups in total. The number of likely N-dealkylation sites (tertiary alicyclic amines) is 1. The lowest BCUT2D eigenvalue weighted by atomic mass is 10.2. The summed E-state index contributed by atoms with van der Waals surface area (Å²) >= 11 is 3.31.